The first-order chi connectivity index (χ1) is 20.1. The van der Waals surface area contributed by atoms with Crippen molar-refractivity contribution in [2.24, 2.45) is 11.8 Å². The zero-order chi connectivity index (χ0) is 27.8. The van der Waals surface area contributed by atoms with Crippen molar-refractivity contribution < 1.29 is 14.3 Å². The van der Waals surface area contributed by atoms with E-state index in [1.807, 2.05) is 35.4 Å². The molecular formula is C30H34N8O3. The fraction of sp³-hybridized carbons (Fsp3) is 0.433. The van der Waals surface area contributed by atoms with Crippen molar-refractivity contribution in [2.75, 3.05) is 45.2 Å². The van der Waals surface area contributed by atoms with E-state index >= 15 is 0 Å². The fourth-order valence-electron chi connectivity index (χ4n) is 5.21. The summed E-state index contributed by atoms with van der Waals surface area (Å²) in [5.41, 5.74) is 4.40. The molecule has 1 aromatic carbocycles. The van der Waals surface area contributed by atoms with E-state index in [4.69, 9.17) is 14.5 Å². The lowest BCUT2D eigenvalue weighted by atomic mass is 10.1. The number of aromatic nitrogens is 5. The summed E-state index contributed by atoms with van der Waals surface area (Å²) in [5.74, 6) is 3.16. The Morgan fingerprint density at radius 3 is 2.68 bits per heavy atom. The first kappa shape index (κ1) is 25.7. The van der Waals surface area contributed by atoms with Gasteiger partial charge in [0.1, 0.15) is 11.5 Å². The SMILES string of the molecule is COc1cnc(OCC2CC2)nc1-c1ccc2nc(Nc3cc(CN4CCN(C(=O)C5CC5)CC4)ccn3)[nH]c2c1. The molecule has 0 bridgehead atoms. The lowest BCUT2D eigenvalue weighted by molar-refractivity contribution is -0.134. The summed E-state index contributed by atoms with van der Waals surface area (Å²) in [4.78, 5) is 38.3. The molecule has 3 aromatic heterocycles. The van der Waals surface area contributed by atoms with Gasteiger partial charge in [0.2, 0.25) is 11.9 Å². The van der Waals surface area contributed by atoms with E-state index < -0.39 is 0 Å². The number of nitrogens with zero attached hydrogens (tertiary/aromatic N) is 6. The number of amides is 1. The molecule has 1 aliphatic heterocycles. The molecule has 1 amide bonds. The first-order valence-corrected chi connectivity index (χ1v) is 14.4. The van der Waals surface area contributed by atoms with Gasteiger partial charge >= 0.3 is 6.01 Å². The van der Waals surface area contributed by atoms with Crippen LogP contribution in [-0.2, 0) is 11.3 Å². The number of benzene rings is 1. The van der Waals surface area contributed by atoms with Gasteiger partial charge in [0.05, 0.1) is 30.9 Å². The number of hydrogen-bond acceptors (Lipinski definition) is 9. The van der Waals surface area contributed by atoms with E-state index in [0.29, 0.717) is 47.8 Å². The van der Waals surface area contributed by atoms with Crippen LogP contribution in [0.25, 0.3) is 22.3 Å². The lowest BCUT2D eigenvalue weighted by Crippen LogP contribution is -2.48. The Morgan fingerprint density at radius 2 is 1.90 bits per heavy atom. The number of hydrogen-bond donors (Lipinski definition) is 2. The second-order valence-corrected chi connectivity index (χ2v) is 11.2. The molecule has 212 valence electrons. The Balaban J connectivity index is 1.02. The van der Waals surface area contributed by atoms with Crippen LogP contribution in [0.1, 0.15) is 31.2 Å². The fourth-order valence-corrected chi connectivity index (χ4v) is 5.21. The third kappa shape index (κ3) is 5.95. The molecule has 3 aliphatic rings. The zero-order valence-corrected chi connectivity index (χ0v) is 23.2. The third-order valence-electron chi connectivity index (χ3n) is 7.94. The number of H-pyrrole nitrogens is 1. The maximum Gasteiger partial charge on any atom is 0.317 e. The molecular weight excluding hydrogens is 520 g/mol. The van der Waals surface area contributed by atoms with Crippen molar-refractivity contribution in [1.82, 2.24) is 34.7 Å². The van der Waals surface area contributed by atoms with Crippen LogP contribution >= 0.6 is 0 Å². The van der Waals surface area contributed by atoms with Crippen molar-refractivity contribution in [2.45, 2.75) is 32.2 Å². The third-order valence-corrected chi connectivity index (χ3v) is 7.94. The van der Waals surface area contributed by atoms with E-state index in [0.717, 1.165) is 68.0 Å². The number of methoxy groups -OCH3 is 1. The monoisotopic (exact) mass is 554 g/mol. The van der Waals surface area contributed by atoms with Crippen molar-refractivity contribution in [3.05, 3.63) is 48.3 Å². The molecule has 2 aliphatic carbocycles. The highest BCUT2D eigenvalue weighted by Gasteiger charge is 2.34. The second kappa shape index (κ2) is 11.0. The lowest BCUT2D eigenvalue weighted by Gasteiger charge is -2.34. The largest absolute Gasteiger partial charge is 0.493 e. The van der Waals surface area contributed by atoms with Gasteiger partial charge in [0, 0.05) is 50.4 Å². The minimum Gasteiger partial charge on any atom is -0.493 e. The van der Waals surface area contributed by atoms with E-state index in [1.165, 1.54) is 18.4 Å². The number of carbonyl (C=O) groups is 1. The number of carbonyl (C=O) groups excluding carboxylic acids is 1. The maximum atomic E-state index is 12.4. The molecule has 4 heterocycles. The molecule has 41 heavy (non-hydrogen) atoms. The van der Waals surface area contributed by atoms with Crippen LogP contribution in [0, 0.1) is 11.8 Å². The van der Waals surface area contributed by atoms with E-state index in [9.17, 15) is 4.79 Å². The zero-order valence-electron chi connectivity index (χ0n) is 23.2. The van der Waals surface area contributed by atoms with E-state index in [-0.39, 0.29) is 0 Å². The van der Waals surface area contributed by atoms with Gasteiger partial charge in [-0.2, -0.15) is 9.97 Å². The molecule has 0 spiro atoms. The van der Waals surface area contributed by atoms with Crippen molar-refractivity contribution >= 4 is 28.7 Å². The standard InChI is InChI=1S/C30H34N8O3/c1-40-25-16-32-30(41-18-19-2-3-19)36-27(25)22-6-7-23-24(15-22)34-29(33-23)35-26-14-20(8-9-31-26)17-37-10-12-38(13-11-37)28(39)21-4-5-21/h6-9,14-16,19,21H,2-5,10-13,17-18H2,1H3,(H2,31,33,34,35). The number of ether oxygens (including phenoxy) is 2. The molecule has 4 aromatic rings. The highest BCUT2D eigenvalue weighted by molar-refractivity contribution is 5.84. The molecule has 0 radical (unpaired) electrons. The van der Waals surface area contributed by atoms with Crippen LogP contribution in [0.15, 0.2) is 42.7 Å². The Labute approximate surface area is 238 Å². The van der Waals surface area contributed by atoms with Crippen LogP contribution in [0.4, 0.5) is 11.8 Å². The van der Waals surface area contributed by atoms with Gasteiger partial charge < -0.3 is 24.7 Å². The molecule has 7 rings (SSSR count). The van der Waals surface area contributed by atoms with Crippen molar-refractivity contribution in [1.29, 1.82) is 0 Å². The Hall–Kier alpha value is -4.25. The average molecular weight is 555 g/mol. The molecule has 11 heteroatoms. The van der Waals surface area contributed by atoms with Gasteiger partial charge in [-0.05, 0) is 61.4 Å². The topological polar surface area (TPSA) is 121 Å². The number of pyridine rings is 1. The summed E-state index contributed by atoms with van der Waals surface area (Å²) >= 11 is 0. The number of nitrogens with one attached hydrogen (secondary N) is 2. The minimum atomic E-state index is 0.291. The summed E-state index contributed by atoms with van der Waals surface area (Å²) in [6, 6.07) is 10.4. The molecule has 0 unspecified atom stereocenters. The van der Waals surface area contributed by atoms with Gasteiger partial charge in [0.25, 0.3) is 0 Å². The Morgan fingerprint density at radius 1 is 1.05 bits per heavy atom. The molecule has 1 saturated heterocycles. The summed E-state index contributed by atoms with van der Waals surface area (Å²) in [7, 11) is 1.61. The summed E-state index contributed by atoms with van der Waals surface area (Å²) in [5, 5.41) is 3.32. The van der Waals surface area contributed by atoms with Gasteiger partial charge in [-0.3, -0.25) is 9.69 Å². The Kier molecular flexibility index (Phi) is 6.87. The minimum absolute atomic E-state index is 0.291. The quantitative estimate of drug-likeness (QED) is 0.299. The summed E-state index contributed by atoms with van der Waals surface area (Å²) < 4.78 is 11.3. The predicted molar refractivity (Wildman–Crippen MR) is 154 cm³/mol. The number of aromatic amines is 1. The number of piperazine rings is 1. The van der Waals surface area contributed by atoms with Crippen LogP contribution in [0.3, 0.4) is 0 Å². The van der Waals surface area contributed by atoms with Crippen LogP contribution in [0.5, 0.6) is 11.8 Å². The summed E-state index contributed by atoms with van der Waals surface area (Å²) in [6.45, 7) is 4.86. The maximum absolute atomic E-state index is 12.4. The van der Waals surface area contributed by atoms with Crippen LogP contribution in [0.2, 0.25) is 0 Å². The van der Waals surface area contributed by atoms with Crippen molar-refractivity contribution in [3.8, 4) is 23.0 Å². The number of rotatable bonds is 10. The Bertz CT molecular complexity index is 1560. The average Bonchev–Trinajstić information content (AvgIpc) is 3.93. The molecule has 0 atom stereocenters. The van der Waals surface area contributed by atoms with Gasteiger partial charge in [-0.1, -0.05) is 6.07 Å². The van der Waals surface area contributed by atoms with E-state index in [1.54, 1.807) is 13.3 Å². The summed E-state index contributed by atoms with van der Waals surface area (Å²) in [6.07, 6.45) is 8.00. The first-order valence-electron chi connectivity index (χ1n) is 14.4. The molecule has 3 fully saturated rings. The van der Waals surface area contributed by atoms with E-state index in [2.05, 4.69) is 36.2 Å². The number of imidazole rings is 1. The van der Waals surface area contributed by atoms with Crippen molar-refractivity contribution in [3.63, 3.8) is 0 Å². The number of fused-ring (bicyclic) bond motifs is 1. The highest BCUT2D eigenvalue weighted by Crippen LogP contribution is 2.33. The normalized spacial score (nSPS) is 17.5. The molecule has 11 nitrogen and oxygen atoms in total. The van der Waals surface area contributed by atoms with Gasteiger partial charge in [-0.25, -0.2) is 9.97 Å². The predicted octanol–water partition coefficient (Wildman–Crippen LogP) is 4.01. The molecule has 2 saturated carbocycles. The highest BCUT2D eigenvalue weighted by atomic mass is 16.5. The molecule has 2 N–H and O–H groups in total. The van der Waals surface area contributed by atoms with Gasteiger partial charge in [0.15, 0.2) is 5.75 Å². The van der Waals surface area contributed by atoms with Gasteiger partial charge in [-0.15, -0.1) is 0 Å². The van der Waals surface area contributed by atoms with Crippen LogP contribution in [-0.4, -0.2) is 80.5 Å². The second-order valence-electron chi connectivity index (χ2n) is 11.2. The van der Waals surface area contributed by atoms with Crippen LogP contribution < -0.4 is 14.8 Å². The smallest absolute Gasteiger partial charge is 0.317 e. The number of anilines is 2.